The predicted molar refractivity (Wildman–Crippen MR) is 85.8 cm³/mol. The summed E-state index contributed by atoms with van der Waals surface area (Å²) in [5.74, 6) is -0.273. The Bertz CT molecular complexity index is 782. The molecule has 0 saturated carbocycles. The maximum Gasteiger partial charge on any atom is 0.251 e. The number of hydrogen-bond acceptors (Lipinski definition) is 7. The van der Waals surface area contributed by atoms with Gasteiger partial charge in [0.25, 0.3) is 5.56 Å². The number of nitrogens with one attached hydrogen (secondary N) is 2. The lowest BCUT2D eigenvalue weighted by molar-refractivity contribution is -0.113. The topological polar surface area (TPSA) is 105 Å². The molecule has 1 amide bonds. The van der Waals surface area contributed by atoms with Crippen LogP contribution in [0.1, 0.15) is 28.0 Å². The molecule has 0 unspecified atom stereocenters. The molecule has 0 fully saturated rings. The summed E-state index contributed by atoms with van der Waals surface area (Å²) >= 11 is 2.27. The molecular weight excluding hydrogens is 324 g/mol. The summed E-state index contributed by atoms with van der Waals surface area (Å²) in [5, 5.41) is 3.41. The van der Waals surface area contributed by atoms with Crippen LogP contribution in [0.15, 0.2) is 16.0 Å². The summed E-state index contributed by atoms with van der Waals surface area (Å²) in [7, 11) is 0. The van der Waals surface area contributed by atoms with Gasteiger partial charge in [0.05, 0.1) is 16.3 Å². The van der Waals surface area contributed by atoms with E-state index in [0.29, 0.717) is 26.6 Å². The van der Waals surface area contributed by atoms with Gasteiger partial charge in [-0.15, -0.1) is 0 Å². The number of ketones is 1. The molecule has 0 spiro atoms. The van der Waals surface area contributed by atoms with Gasteiger partial charge in [-0.3, -0.25) is 14.4 Å². The molecule has 22 heavy (non-hydrogen) atoms. The third-order valence-electron chi connectivity index (χ3n) is 2.55. The highest BCUT2D eigenvalue weighted by molar-refractivity contribution is 7.99. The Morgan fingerprint density at radius 2 is 2.09 bits per heavy atom. The van der Waals surface area contributed by atoms with E-state index in [0.717, 1.165) is 23.1 Å². The van der Waals surface area contributed by atoms with E-state index in [1.807, 2.05) is 0 Å². The molecule has 0 saturated heterocycles. The molecule has 116 valence electrons. The monoisotopic (exact) mass is 338 g/mol. The Labute approximate surface area is 134 Å². The maximum absolute atomic E-state index is 11.9. The lowest BCUT2D eigenvalue weighted by atomic mass is 10.3. The third-order valence-corrected chi connectivity index (χ3v) is 4.60. The van der Waals surface area contributed by atoms with Crippen molar-refractivity contribution < 1.29 is 9.59 Å². The number of amides is 1. The summed E-state index contributed by atoms with van der Waals surface area (Å²) in [4.78, 5) is 45.9. The highest BCUT2D eigenvalue weighted by Gasteiger charge is 2.13. The SMILES string of the molecule is CC(=O)c1sc(NC(=O)CSc2nc(C)cc(=O)[nH]2)nc1C. The number of aryl methyl sites for hydroxylation is 2. The molecule has 0 aliphatic heterocycles. The molecule has 2 aromatic heterocycles. The second-order valence-corrected chi connectivity index (χ2v) is 6.48. The van der Waals surface area contributed by atoms with Crippen LogP contribution in [0.4, 0.5) is 5.13 Å². The summed E-state index contributed by atoms with van der Waals surface area (Å²) < 4.78 is 0. The highest BCUT2D eigenvalue weighted by atomic mass is 32.2. The van der Waals surface area contributed by atoms with Crippen molar-refractivity contribution in [3.63, 3.8) is 0 Å². The number of carbonyl (C=O) groups excluding carboxylic acids is 2. The Morgan fingerprint density at radius 1 is 1.36 bits per heavy atom. The zero-order chi connectivity index (χ0) is 16.3. The zero-order valence-electron chi connectivity index (χ0n) is 12.2. The van der Waals surface area contributed by atoms with Crippen LogP contribution in [0.5, 0.6) is 0 Å². The van der Waals surface area contributed by atoms with Crippen molar-refractivity contribution in [2.75, 3.05) is 11.1 Å². The van der Waals surface area contributed by atoms with E-state index in [2.05, 4.69) is 20.3 Å². The molecule has 7 nitrogen and oxygen atoms in total. The van der Waals surface area contributed by atoms with E-state index in [1.165, 1.54) is 13.0 Å². The predicted octanol–water partition coefficient (Wildman–Crippen LogP) is 1.78. The molecule has 2 heterocycles. The minimum Gasteiger partial charge on any atom is -0.301 e. The van der Waals surface area contributed by atoms with Crippen molar-refractivity contribution in [3.8, 4) is 0 Å². The minimum atomic E-state index is -0.280. The van der Waals surface area contributed by atoms with Crippen molar-refractivity contribution in [1.82, 2.24) is 15.0 Å². The normalized spacial score (nSPS) is 10.5. The van der Waals surface area contributed by atoms with E-state index < -0.39 is 0 Å². The van der Waals surface area contributed by atoms with Gasteiger partial charge in [0, 0.05) is 18.7 Å². The number of thioether (sulfide) groups is 1. The Morgan fingerprint density at radius 3 is 2.68 bits per heavy atom. The van der Waals surface area contributed by atoms with Crippen LogP contribution in [0.2, 0.25) is 0 Å². The summed E-state index contributed by atoms with van der Waals surface area (Å²) in [6.45, 7) is 4.89. The fourth-order valence-electron chi connectivity index (χ4n) is 1.69. The summed E-state index contributed by atoms with van der Waals surface area (Å²) in [6, 6.07) is 1.38. The molecule has 0 atom stereocenters. The largest absolute Gasteiger partial charge is 0.301 e. The molecule has 0 bridgehead atoms. The quantitative estimate of drug-likeness (QED) is 0.489. The number of aromatic nitrogens is 3. The van der Waals surface area contributed by atoms with Gasteiger partial charge in [0.1, 0.15) is 0 Å². The van der Waals surface area contributed by atoms with Gasteiger partial charge >= 0.3 is 0 Å². The molecule has 2 aromatic rings. The van der Waals surface area contributed by atoms with Crippen LogP contribution in [0.3, 0.4) is 0 Å². The number of hydrogen-bond donors (Lipinski definition) is 2. The van der Waals surface area contributed by atoms with Crippen molar-refractivity contribution in [1.29, 1.82) is 0 Å². The summed E-state index contributed by atoms with van der Waals surface area (Å²) in [6.07, 6.45) is 0. The Kier molecular flexibility index (Phi) is 5.09. The third kappa shape index (κ3) is 4.25. The first-order valence-corrected chi connectivity index (χ1v) is 8.14. The van der Waals surface area contributed by atoms with Gasteiger partial charge in [0.2, 0.25) is 5.91 Å². The molecule has 0 aromatic carbocycles. The van der Waals surface area contributed by atoms with Gasteiger partial charge in [-0.2, -0.15) is 0 Å². The first-order valence-electron chi connectivity index (χ1n) is 6.34. The number of H-pyrrole nitrogens is 1. The molecule has 2 N–H and O–H groups in total. The van der Waals surface area contributed by atoms with Crippen molar-refractivity contribution in [3.05, 3.63) is 32.7 Å². The van der Waals surface area contributed by atoms with E-state index in [-0.39, 0.29) is 23.0 Å². The number of rotatable bonds is 5. The van der Waals surface area contributed by atoms with Gasteiger partial charge in [-0.25, -0.2) is 9.97 Å². The van der Waals surface area contributed by atoms with E-state index in [1.54, 1.807) is 13.8 Å². The van der Waals surface area contributed by atoms with Crippen molar-refractivity contribution in [2.45, 2.75) is 25.9 Å². The minimum absolute atomic E-state index is 0.0774. The molecular formula is C13H14N4O3S2. The number of anilines is 1. The maximum atomic E-state index is 11.9. The molecule has 0 aliphatic carbocycles. The number of aromatic amines is 1. The van der Waals surface area contributed by atoms with Crippen molar-refractivity contribution >= 4 is 39.9 Å². The smallest absolute Gasteiger partial charge is 0.251 e. The van der Waals surface area contributed by atoms with Gasteiger partial charge in [0.15, 0.2) is 16.1 Å². The molecule has 0 aliphatic rings. The second-order valence-electron chi connectivity index (χ2n) is 4.52. The first kappa shape index (κ1) is 16.4. The molecule has 0 radical (unpaired) electrons. The van der Waals surface area contributed by atoms with Crippen LogP contribution in [-0.2, 0) is 4.79 Å². The molecule has 9 heteroatoms. The van der Waals surface area contributed by atoms with Crippen LogP contribution < -0.4 is 10.9 Å². The number of Topliss-reactive ketones (excluding diaryl/α,β-unsaturated/α-hetero) is 1. The number of nitrogens with zero attached hydrogens (tertiary/aromatic N) is 2. The van der Waals surface area contributed by atoms with Crippen LogP contribution >= 0.6 is 23.1 Å². The Balaban J connectivity index is 1.97. The van der Waals surface area contributed by atoms with Crippen LogP contribution in [-0.4, -0.2) is 32.4 Å². The van der Waals surface area contributed by atoms with Gasteiger partial charge in [-0.05, 0) is 13.8 Å². The lowest BCUT2D eigenvalue weighted by Crippen LogP contribution is -2.15. The number of carbonyl (C=O) groups is 2. The fraction of sp³-hybridized carbons (Fsp3) is 0.308. The second kappa shape index (κ2) is 6.84. The van der Waals surface area contributed by atoms with Crippen LogP contribution in [0, 0.1) is 13.8 Å². The van der Waals surface area contributed by atoms with Gasteiger partial charge in [-0.1, -0.05) is 23.1 Å². The zero-order valence-corrected chi connectivity index (χ0v) is 13.9. The average molecular weight is 338 g/mol. The van der Waals surface area contributed by atoms with Gasteiger partial charge < -0.3 is 10.3 Å². The van der Waals surface area contributed by atoms with E-state index in [9.17, 15) is 14.4 Å². The Hall–Kier alpha value is -2.00. The standard InChI is InChI=1S/C13H14N4O3S2/c1-6-4-9(19)16-12(14-6)21-5-10(20)17-13-15-7(2)11(22-13)8(3)18/h4H,5H2,1-3H3,(H,14,16,19)(H,15,17,20). The number of thiazole rings is 1. The summed E-state index contributed by atoms with van der Waals surface area (Å²) in [5.41, 5.74) is 0.940. The average Bonchev–Trinajstić information content (AvgIpc) is 2.76. The lowest BCUT2D eigenvalue weighted by Gasteiger charge is -2.02. The highest BCUT2D eigenvalue weighted by Crippen LogP contribution is 2.23. The fourth-order valence-corrected chi connectivity index (χ4v) is 3.28. The van der Waals surface area contributed by atoms with Crippen molar-refractivity contribution in [2.24, 2.45) is 0 Å². The van der Waals surface area contributed by atoms with Crippen LogP contribution in [0.25, 0.3) is 0 Å². The van der Waals surface area contributed by atoms with E-state index in [4.69, 9.17) is 0 Å². The molecule has 2 rings (SSSR count). The van der Waals surface area contributed by atoms with E-state index >= 15 is 0 Å². The first-order chi connectivity index (χ1) is 10.3.